The van der Waals surface area contributed by atoms with Crippen LogP contribution in [-0.4, -0.2) is 30.3 Å². The Morgan fingerprint density at radius 1 is 1.22 bits per heavy atom. The van der Waals surface area contributed by atoms with Crippen molar-refractivity contribution < 1.29 is 19.1 Å². The molecular formula is C18H21NO4. The third-order valence-corrected chi connectivity index (χ3v) is 4.64. The number of ketones is 1. The van der Waals surface area contributed by atoms with Crippen LogP contribution in [0.15, 0.2) is 18.2 Å². The number of rotatable bonds is 4. The molecule has 0 aromatic heterocycles. The number of carbonyl (C=O) groups is 3. The second kappa shape index (κ2) is 6.52. The lowest BCUT2D eigenvalue weighted by molar-refractivity contribution is -0.152. The van der Waals surface area contributed by atoms with Gasteiger partial charge in [-0.2, -0.15) is 0 Å². The van der Waals surface area contributed by atoms with Crippen molar-refractivity contribution in [2.75, 3.05) is 6.54 Å². The molecule has 1 aromatic carbocycles. The number of hydrogen-bond donors (Lipinski definition) is 1. The Morgan fingerprint density at radius 3 is 2.74 bits per heavy atom. The van der Waals surface area contributed by atoms with Gasteiger partial charge in [0.25, 0.3) is 0 Å². The van der Waals surface area contributed by atoms with Crippen LogP contribution in [0.25, 0.3) is 0 Å². The summed E-state index contributed by atoms with van der Waals surface area (Å²) in [7, 11) is 0. The summed E-state index contributed by atoms with van der Waals surface area (Å²) >= 11 is 0. The fourth-order valence-electron chi connectivity index (χ4n) is 3.22. The average Bonchev–Trinajstić information content (AvgIpc) is 3.02. The zero-order chi connectivity index (χ0) is 16.4. The summed E-state index contributed by atoms with van der Waals surface area (Å²) in [6.07, 6.45) is 3.20. The van der Waals surface area contributed by atoms with Gasteiger partial charge in [-0.3, -0.25) is 14.4 Å². The number of ether oxygens (including phenoxy) is 1. The molecule has 1 N–H and O–H groups in total. The van der Waals surface area contributed by atoms with Gasteiger partial charge in [-0.25, -0.2) is 0 Å². The van der Waals surface area contributed by atoms with Crippen LogP contribution < -0.4 is 5.32 Å². The van der Waals surface area contributed by atoms with Gasteiger partial charge in [-0.15, -0.1) is 0 Å². The molecule has 1 aliphatic carbocycles. The van der Waals surface area contributed by atoms with Crippen LogP contribution in [-0.2, 0) is 27.2 Å². The molecule has 0 radical (unpaired) electrons. The lowest BCUT2D eigenvalue weighted by Crippen LogP contribution is -2.40. The highest BCUT2D eigenvalue weighted by molar-refractivity contribution is 6.00. The number of Topliss-reactive ketones (excluding diaryl/α,β-unsaturated/α-hetero) is 1. The second-order valence-corrected chi connectivity index (χ2v) is 6.32. The molecule has 0 saturated carbocycles. The van der Waals surface area contributed by atoms with E-state index in [1.807, 2.05) is 18.2 Å². The van der Waals surface area contributed by atoms with Crippen molar-refractivity contribution in [2.45, 2.75) is 45.1 Å². The number of amides is 1. The lowest BCUT2D eigenvalue weighted by atomic mass is 9.99. The van der Waals surface area contributed by atoms with E-state index in [9.17, 15) is 14.4 Å². The highest BCUT2D eigenvalue weighted by atomic mass is 16.5. The van der Waals surface area contributed by atoms with Gasteiger partial charge in [-0.05, 0) is 49.8 Å². The molecule has 2 aliphatic rings. The number of carbonyl (C=O) groups excluding carboxylic acids is 3. The van der Waals surface area contributed by atoms with E-state index in [-0.39, 0.29) is 24.2 Å². The van der Waals surface area contributed by atoms with E-state index in [0.29, 0.717) is 18.4 Å². The molecule has 1 amide bonds. The Bertz CT molecular complexity index is 642. The molecule has 1 saturated heterocycles. The second-order valence-electron chi connectivity index (χ2n) is 6.32. The maximum Gasteiger partial charge on any atom is 0.311 e. The maximum absolute atomic E-state index is 12.5. The van der Waals surface area contributed by atoms with E-state index in [1.54, 1.807) is 6.92 Å². The molecule has 3 rings (SSSR count). The Morgan fingerprint density at radius 2 is 2.00 bits per heavy atom. The fourth-order valence-corrected chi connectivity index (χ4v) is 3.22. The third-order valence-electron chi connectivity index (χ3n) is 4.64. The quantitative estimate of drug-likeness (QED) is 0.679. The summed E-state index contributed by atoms with van der Waals surface area (Å²) in [4.78, 5) is 35.7. The van der Waals surface area contributed by atoms with E-state index >= 15 is 0 Å². The molecule has 1 heterocycles. The van der Waals surface area contributed by atoms with Crippen molar-refractivity contribution in [3.63, 3.8) is 0 Å². The van der Waals surface area contributed by atoms with Gasteiger partial charge in [0, 0.05) is 18.5 Å². The van der Waals surface area contributed by atoms with Gasteiger partial charge in [0.15, 0.2) is 6.10 Å². The van der Waals surface area contributed by atoms with E-state index < -0.39 is 12.1 Å². The standard InChI is InChI=1S/C18H21NO4/c1-11(23-18(22)15-7-8-16(20)19-10-15)17(21)14-6-5-12-3-2-4-13(12)9-14/h5-6,9,11,15H,2-4,7-8,10H2,1H3,(H,19,20)/t11-,15+/m1/s1. The highest BCUT2D eigenvalue weighted by Gasteiger charge is 2.29. The summed E-state index contributed by atoms with van der Waals surface area (Å²) in [6, 6.07) is 5.74. The summed E-state index contributed by atoms with van der Waals surface area (Å²) < 4.78 is 5.32. The molecule has 0 spiro atoms. The number of aryl methyl sites for hydroxylation is 2. The maximum atomic E-state index is 12.5. The van der Waals surface area contributed by atoms with Gasteiger partial charge in [0.1, 0.15) is 0 Å². The normalized spacial score (nSPS) is 21.3. The van der Waals surface area contributed by atoms with Gasteiger partial charge in [0.05, 0.1) is 5.92 Å². The van der Waals surface area contributed by atoms with Crippen LogP contribution >= 0.6 is 0 Å². The number of benzene rings is 1. The van der Waals surface area contributed by atoms with Crippen LogP contribution in [0.5, 0.6) is 0 Å². The van der Waals surface area contributed by atoms with E-state index in [1.165, 1.54) is 11.1 Å². The topological polar surface area (TPSA) is 72.5 Å². The first-order valence-electron chi connectivity index (χ1n) is 8.18. The van der Waals surface area contributed by atoms with Crippen LogP contribution in [0.4, 0.5) is 0 Å². The monoisotopic (exact) mass is 315 g/mol. The highest BCUT2D eigenvalue weighted by Crippen LogP contribution is 2.24. The molecule has 5 heteroatoms. The SMILES string of the molecule is C[C@@H](OC(=O)[C@H]1CCC(=O)NC1)C(=O)c1ccc2c(c1)CCC2. The molecular weight excluding hydrogens is 294 g/mol. The minimum Gasteiger partial charge on any atom is -0.454 e. The average molecular weight is 315 g/mol. The van der Waals surface area contributed by atoms with Crippen LogP contribution in [0.1, 0.15) is 47.7 Å². The minimum absolute atomic E-state index is 0.0451. The van der Waals surface area contributed by atoms with E-state index in [2.05, 4.69) is 5.32 Å². The molecule has 0 bridgehead atoms. The number of nitrogens with one attached hydrogen (secondary N) is 1. The lowest BCUT2D eigenvalue weighted by Gasteiger charge is -2.22. The molecule has 23 heavy (non-hydrogen) atoms. The zero-order valence-corrected chi connectivity index (χ0v) is 13.3. The Hall–Kier alpha value is -2.17. The Kier molecular flexibility index (Phi) is 4.46. The predicted octanol–water partition coefficient (Wildman–Crippen LogP) is 1.82. The van der Waals surface area contributed by atoms with Crippen molar-refractivity contribution in [1.82, 2.24) is 5.32 Å². The number of hydrogen-bond acceptors (Lipinski definition) is 4. The van der Waals surface area contributed by atoms with Crippen LogP contribution in [0.3, 0.4) is 0 Å². The summed E-state index contributed by atoms with van der Waals surface area (Å²) in [5, 5.41) is 2.65. The first-order chi connectivity index (χ1) is 11.0. The number of fused-ring (bicyclic) bond motifs is 1. The van der Waals surface area contributed by atoms with Gasteiger partial charge < -0.3 is 10.1 Å². The fraction of sp³-hybridized carbons (Fsp3) is 0.500. The molecule has 0 unspecified atom stereocenters. The van der Waals surface area contributed by atoms with Crippen molar-refractivity contribution >= 4 is 17.7 Å². The number of esters is 1. The first-order valence-corrected chi connectivity index (χ1v) is 8.18. The first kappa shape index (κ1) is 15.7. The smallest absolute Gasteiger partial charge is 0.311 e. The summed E-state index contributed by atoms with van der Waals surface area (Å²) in [6.45, 7) is 1.90. The molecule has 5 nitrogen and oxygen atoms in total. The number of piperidine rings is 1. The molecule has 122 valence electrons. The Labute approximate surface area is 135 Å². The minimum atomic E-state index is -0.806. The van der Waals surface area contributed by atoms with Crippen molar-refractivity contribution in [3.8, 4) is 0 Å². The van der Waals surface area contributed by atoms with Crippen LogP contribution in [0, 0.1) is 5.92 Å². The molecule has 1 fully saturated rings. The molecule has 1 aromatic rings. The van der Waals surface area contributed by atoms with Crippen molar-refractivity contribution in [3.05, 3.63) is 34.9 Å². The van der Waals surface area contributed by atoms with Gasteiger partial charge in [0.2, 0.25) is 11.7 Å². The van der Waals surface area contributed by atoms with E-state index in [4.69, 9.17) is 4.74 Å². The summed E-state index contributed by atoms with van der Waals surface area (Å²) in [5.74, 6) is -0.987. The van der Waals surface area contributed by atoms with Crippen LogP contribution in [0.2, 0.25) is 0 Å². The van der Waals surface area contributed by atoms with Gasteiger partial charge in [-0.1, -0.05) is 12.1 Å². The zero-order valence-electron chi connectivity index (χ0n) is 13.3. The van der Waals surface area contributed by atoms with E-state index in [0.717, 1.165) is 19.3 Å². The molecule has 1 aliphatic heterocycles. The summed E-state index contributed by atoms with van der Waals surface area (Å²) in [5.41, 5.74) is 3.14. The van der Waals surface area contributed by atoms with Gasteiger partial charge >= 0.3 is 5.97 Å². The van der Waals surface area contributed by atoms with Crippen molar-refractivity contribution in [1.29, 1.82) is 0 Å². The Balaban J connectivity index is 1.61. The predicted molar refractivity (Wildman–Crippen MR) is 84.1 cm³/mol. The van der Waals surface area contributed by atoms with Crippen molar-refractivity contribution in [2.24, 2.45) is 5.92 Å². The largest absolute Gasteiger partial charge is 0.454 e. The third kappa shape index (κ3) is 3.44. The molecule has 2 atom stereocenters.